The van der Waals surface area contributed by atoms with Crippen LogP contribution in [0.4, 0.5) is 0 Å². The minimum Gasteiger partial charge on any atom is -0.493 e. The number of H-pyrrole nitrogens is 1. The van der Waals surface area contributed by atoms with E-state index in [0.29, 0.717) is 5.69 Å². The Morgan fingerprint density at radius 2 is 1.81 bits per heavy atom. The number of aromatic nitrogens is 2. The molecule has 0 bridgehead atoms. The number of ether oxygens (including phenoxy) is 1. The molecule has 11 nitrogen and oxygen atoms in total. The maximum atomic E-state index is 12.3. The van der Waals surface area contributed by atoms with E-state index in [1.54, 1.807) is 24.3 Å². The Labute approximate surface area is 176 Å². The van der Waals surface area contributed by atoms with Gasteiger partial charge in [-0.25, -0.2) is 9.36 Å². The van der Waals surface area contributed by atoms with Gasteiger partial charge in [-0.05, 0) is 23.6 Å². The number of nitrogens with one attached hydrogen (secondary N) is 1. The SMILES string of the molecule is CC(C)c1ccc(-n2c(O)c(C=N[C@H]3[C@H](O)[C@H](O)[C@H](CO)O[C@@H]3O)c(=O)[nH]c2=O)cc1. The van der Waals surface area contributed by atoms with E-state index in [1.807, 2.05) is 13.8 Å². The topological polar surface area (TPSA) is 178 Å². The molecule has 0 saturated carbocycles. The summed E-state index contributed by atoms with van der Waals surface area (Å²) in [6, 6.07) is 5.40. The molecule has 2 heterocycles. The lowest BCUT2D eigenvalue weighted by Gasteiger charge is -2.38. The van der Waals surface area contributed by atoms with E-state index in [-0.39, 0.29) is 5.92 Å². The van der Waals surface area contributed by atoms with Crippen molar-refractivity contribution in [2.24, 2.45) is 4.99 Å². The van der Waals surface area contributed by atoms with Gasteiger partial charge in [-0.2, -0.15) is 0 Å². The van der Waals surface area contributed by atoms with Gasteiger partial charge >= 0.3 is 5.69 Å². The fourth-order valence-electron chi connectivity index (χ4n) is 3.31. The van der Waals surface area contributed by atoms with Crippen molar-refractivity contribution in [1.82, 2.24) is 9.55 Å². The molecule has 1 aliphatic heterocycles. The van der Waals surface area contributed by atoms with E-state index in [0.717, 1.165) is 16.3 Å². The third kappa shape index (κ3) is 4.45. The van der Waals surface area contributed by atoms with Crippen molar-refractivity contribution in [2.75, 3.05) is 6.61 Å². The summed E-state index contributed by atoms with van der Waals surface area (Å²) in [6.45, 7) is 3.38. The summed E-state index contributed by atoms with van der Waals surface area (Å²) >= 11 is 0. The third-order valence-corrected chi connectivity index (χ3v) is 5.18. The van der Waals surface area contributed by atoms with Crippen LogP contribution in [0, 0.1) is 0 Å². The van der Waals surface area contributed by atoms with Crippen LogP contribution in [-0.4, -0.2) is 78.5 Å². The van der Waals surface area contributed by atoms with Crippen molar-refractivity contribution in [1.29, 1.82) is 0 Å². The predicted molar refractivity (Wildman–Crippen MR) is 110 cm³/mol. The Morgan fingerprint density at radius 3 is 2.39 bits per heavy atom. The third-order valence-electron chi connectivity index (χ3n) is 5.18. The van der Waals surface area contributed by atoms with Crippen LogP contribution >= 0.6 is 0 Å². The quantitative estimate of drug-likeness (QED) is 0.310. The second kappa shape index (κ2) is 9.12. The molecule has 1 aromatic carbocycles. The van der Waals surface area contributed by atoms with Crippen molar-refractivity contribution < 1.29 is 30.3 Å². The van der Waals surface area contributed by atoms with Crippen molar-refractivity contribution in [3.63, 3.8) is 0 Å². The summed E-state index contributed by atoms with van der Waals surface area (Å²) < 4.78 is 5.88. The largest absolute Gasteiger partial charge is 0.493 e. The molecular weight excluding hydrogens is 410 g/mol. The first-order chi connectivity index (χ1) is 14.6. The number of aromatic amines is 1. The zero-order valence-electron chi connectivity index (χ0n) is 16.9. The van der Waals surface area contributed by atoms with E-state index < -0.39 is 59.9 Å². The number of aliphatic hydroxyl groups excluding tert-OH is 4. The van der Waals surface area contributed by atoms with Crippen LogP contribution < -0.4 is 11.2 Å². The van der Waals surface area contributed by atoms with Gasteiger partial charge in [0.05, 0.1) is 12.3 Å². The van der Waals surface area contributed by atoms with E-state index in [9.17, 15) is 30.0 Å². The molecule has 6 N–H and O–H groups in total. The Hall–Kier alpha value is -2.83. The molecule has 0 radical (unpaired) electrons. The highest BCUT2D eigenvalue weighted by molar-refractivity contribution is 5.82. The highest BCUT2D eigenvalue weighted by Gasteiger charge is 2.43. The summed E-state index contributed by atoms with van der Waals surface area (Å²) in [6.07, 6.45) is -5.14. The summed E-state index contributed by atoms with van der Waals surface area (Å²) in [5.41, 5.74) is -0.872. The normalized spacial score (nSPS) is 26.6. The minimum absolute atomic E-state index is 0.258. The number of rotatable bonds is 5. The number of aliphatic hydroxyl groups is 4. The highest BCUT2D eigenvalue weighted by Crippen LogP contribution is 2.23. The lowest BCUT2D eigenvalue weighted by molar-refractivity contribution is -0.248. The van der Waals surface area contributed by atoms with Gasteiger partial charge in [-0.3, -0.25) is 14.8 Å². The monoisotopic (exact) mass is 435 g/mol. The maximum Gasteiger partial charge on any atom is 0.335 e. The smallest absolute Gasteiger partial charge is 0.335 e. The fourth-order valence-corrected chi connectivity index (χ4v) is 3.31. The number of hydrogen-bond acceptors (Lipinski definition) is 9. The van der Waals surface area contributed by atoms with E-state index in [1.165, 1.54) is 0 Å². The van der Waals surface area contributed by atoms with Crippen molar-refractivity contribution in [2.45, 2.75) is 50.4 Å². The number of nitrogens with zero attached hydrogens (tertiary/aromatic N) is 2. The van der Waals surface area contributed by atoms with Crippen LogP contribution in [-0.2, 0) is 4.74 Å². The zero-order valence-corrected chi connectivity index (χ0v) is 16.9. The van der Waals surface area contributed by atoms with Gasteiger partial charge in [0.25, 0.3) is 5.56 Å². The summed E-state index contributed by atoms with van der Waals surface area (Å²) in [7, 11) is 0. The van der Waals surface area contributed by atoms with Crippen LogP contribution in [0.5, 0.6) is 5.88 Å². The van der Waals surface area contributed by atoms with Gasteiger partial charge in [-0.1, -0.05) is 26.0 Å². The van der Waals surface area contributed by atoms with E-state index in [2.05, 4.69) is 9.98 Å². The first-order valence-corrected chi connectivity index (χ1v) is 9.68. The average Bonchev–Trinajstić information content (AvgIpc) is 2.72. The molecule has 1 saturated heterocycles. The first kappa shape index (κ1) is 22.8. The minimum atomic E-state index is -1.68. The highest BCUT2D eigenvalue weighted by atomic mass is 16.6. The van der Waals surface area contributed by atoms with Gasteiger partial charge < -0.3 is 30.3 Å². The average molecular weight is 435 g/mol. The van der Waals surface area contributed by atoms with Gasteiger partial charge in [0.15, 0.2) is 6.29 Å². The molecule has 1 aromatic heterocycles. The molecule has 0 spiro atoms. The van der Waals surface area contributed by atoms with Gasteiger partial charge in [0, 0.05) is 6.21 Å². The summed E-state index contributed by atoms with van der Waals surface area (Å²) in [5.74, 6) is -0.432. The van der Waals surface area contributed by atoms with Crippen molar-refractivity contribution in [3.8, 4) is 11.6 Å². The molecule has 0 unspecified atom stereocenters. The van der Waals surface area contributed by atoms with Crippen LogP contribution in [0.3, 0.4) is 0 Å². The van der Waals surface area contributed by atoms with Gasteiger partial charge in [0.2, 0.25) is 5.88 Å². The Balaban J connectivity index is 1.98. The first-order valence-electron chi connectivity index (χ1n) is 9.68. The van der Waals surface area contributed by atoms with Gasteiger partial charge in [-0.15, -0.1) is 0 Å². The summed E-state index contributed by atoms with van der Waals surface area (Å²) in [4.78, 5) is 30.5. The van der Waals surface area contributed by atoms with Crippen LogP contribution in [0.2, 0.25) is 0 Å². The molecular formula is C20H25N3O8. The van der Waals surface area contributed by atoms with Crippen molar-refractivity contribution in [3.05, 3.63) is 56.2 Å². The molecule has 0 aliphatic carbocycles. The summed E-state index contributed by atoms with van der Waals surface area (Å²) in [5, 5.41) is 49.8. The standard InChI is InChI=1S/C20H25N3O8/c1-9(2)10-3-5-11(6-4-10)23-18(28)12(17(27)22-20(23)30)7-21-14-16(26)15(25)13(8-24)31-19(14)29/h3-7,9,13-16,19,24-26,28-29H,8H2,1-2H3,(H,22,27,30)/t13-,14-,15+,16-,19-/m0/s1. The van der Waals surface area contributed by atoms with Crippen molar-refractivity contribution >= 4 is 6.21 Å². The lowest BCUT2D eigenvalue weighted by Crippen LogP contribution is -2.57. The van der Waals surface area contributed by atoms with E-state index in [4.69, 9.17) is 9.84 Å². The predicted octanol–water partition coefficient (Wildman–Crippen LogP) is -1.43. The number of aromatic hydroxyl groups is 1. The van der Waals surface area contributed by atoms with Gasteiger partial charge in [0.1, 0.15) is 29.9 Å². The Bertz CT molecular complexity index is 1060. The number of hydrogen-bond donors (Lipinski definition) is 6. The van der Waals surface area contributed by atoms with Crippen LogP contribution in [0.15, 0.2) is 38.8 Å². The maximum absolute atomic E-state index is 12.3. The molecule has 31 heavy (non-hydrogen) atoms. The molecule has 2 aromatic rings. The molecule has 11 heteroatoms. The molecule has 1 aliphatic rings. The van der Waals surface area contributed by atoms with Crippen LogP contribution in [0.25, 0.3) is 5.69 Å². The fraction of sp³-hybridized carbons (Fsp3) is 0.450. The molecule has 3 rings (SSSR count). The lowest BCUT2D eigenvalue weighted by atomic mass is 9.97. The van der Waals surface area contributed by atoms with Crippen LogP contribution in [0.1, 0.15) is 30.9 Å². The molecule has 168 valence electrons. The Morgan fingerprint density at radius 1 is 1.16 bits per heavy atom. The Kier molecular flexibility index (Phi) is 6.72. The second-order valence-corrected chi connectivity index (χ2v) is 7.58. The zero-order chi connectivity index (χ0) is 22.9. The second-order valence-electron chi connectivity index (χ2n) is 7.58. The molecule has 0 amide bonds. The number of aliphatic imine (C=N–C) groups is 1. The van der Waals surface area contributed by atoms with E-state index >= 15 is 0 Å². The molecule has 1 fully saturated rings. The number of benzene rings is 1. The molecule has 5 atom stereocenters.